The molecule has 36 heavy (non-hydrogen) atoms. The van der Waals surface area contributed by atoms with Gasteiger partial charge in [-0.2, -0.15) is 0 Å². The molecule has 0 bridgehead atoms. The summed E-state index contributed by atoms with van der Waals surface area (Å²) >= 11 is 0. The molecule has 3 aromatic rings. The van der Waals surface area contributed by atoms with Crippen molar-refractivity contribution in [1.29, 1.82) is 0 Å². The minimum absolute atomic E-state index is 0.181. The first-order valence-electron chi connectivity index (χ1n) is 11.2. The van der Waals surface area contributed by atoms with E-state index in [1.807, 2.05) is 0 Å². The third-order valence-corrected chi connectivity index (χ3v) is 5.55. The Balaban J connectivity index is 1.66. The summed E-state index contributed by atoms with van der Waals surface area (Å²) in [5, 5.41) is 20.5. The molecule has 1 aliphatic heterocycles. The third kappa shape index (κ3) is 5.77. The molecule has 0 radical (unpaired) electrons. The zero-order valence-corrected chi connectivity index (χ0v) is 19.0. The van der Waals surface area contributed by atoms with Gasteiger partial charge in [-0.15, -0.1) is 0 Å². The van der Waals surface area contributed by atoms with Crippen LogP contribution in [0.3, 0.4) is 0 Å². The summed E-state index contributed by atoms with van der Waals surface area (Å²) in [4.78, 5) is 38.5. The third-order valence-electron chi connectivity index (χ3n) is 5.55. The molecule has 3 aromatic carbocycles. The Morgan fingerprint density at radius 2 is 0.972 bits per heavy atom. The van der Waals surface area contributed by atoms with E-state index in [-0.39, 0.29) is 16.7 Å². The SMILES string of the molecule is O=C(O[C@H]1[C@H](OC(=O)c2ccccc2)[C@@H](CO)OC(O)[C@H]1OC(=O)c1ccccc1)c1ccccc1. The molecule has 5 atom stereocenters. The second-order valence-corrected chi connectivity index (χ2v) is 7.96. The van der Waals surface area contributed by atoms with Gasteiger partial charge in [0.25, 0.3) is 0 Å². The van der Waals surface area contributed by atoms with Crippen molar-refractivity contribution < 1.29 is 43.5 Å². The van der Waals surface area contributed by atoms with Crippen LogP contribution in [-0.2, 0) is 18.9 Å². The number of esters is 3. The maximum absolute atomic E-state index is 12.9. The molecule has 0 aromatic heterocycles. The van der Waals surface area contributed by atoms with Crippen LogP contribution in [0.15, 0.2) is 91.0 Å². The number of carbonyl (C=O) groups is 3. The van der Waals surface area contributed by atoms with Crippen LogP contribution in [0, 0.1) is 0 Å². The Morgan fingerprint density at radius 1 is 0.611 bits per heavy atom. The largest absolute Gasteiger partial charge is 0.452 e. The molecule has 9 heteroatoms. The second-order valence-electron chi connectivity index (χ2n) is 7.96. The highest BCUT2D eigenvalue weighted by molar-refractivity contribution is 5.91. The molecule has 1 unspecified atom stereocenters. The molecule has 1 aliphatic rings. The summed E-state index contributed by atoms with van der Waals surface area (Å²) in [7, 11) is 0. The number of ether oxygens (including phenoxy) is 4. The predicted molar refractivity (Wildman–Crippen MR) is 125 cm³/mol. The van der Waals surface area contributed by atoms with Crippen molar-refractivity contribution in [3.63, 3.8) is 0 Å². The van der Waals surface area contributed by atoms with Gasteiger partial charge < -0.3 is 29.2 Å². The molecule has 9 nitrogen and oxygen atoms in total. The molecule has 0 saturated carbocycles. The number of benzene rings is 3. The van der Waals surface area contributed by atoms with Crippen molar-refractivity contribution in [2.24, 2.45) is 0 Å². The molecule has 1 fully saturated rings. The van der Waals surface area contributed by atoms with Crippen molar-refractivity contribution in [2.75, 3.05) is 6.61 Å². The van der Waals surface area contributed by atoms with Gasteiger partial charge in [0.05, 0.1) is 23.3 Å². The summed E-state index contributed by atoms with van der Waals surface area (Å²) in [6.07, 6.45) is -7.53. The average molecular weight is 492 g/mol. The van der Waals surface area contributed by atoms with Gasteiger partial charge in [-0.1, -0.05) is 54.6 Å². The summed E-state index contributed by atoms with van der Waals surface area (Å²) < 4.78 is 22.1. The summed E-state index contributed by atoms with van der Waals surface area (Å²) in [5.74, 6) is -2.42. The van der Waals surface area contributed by atoms with Crippen molar-refractivity contribution >= 4 is 17.9 Å². The predicted octanol–water partition coefficient (Wildman–Crippen LogP) is 2.37. The fourth-order valence-electron chi connectivity index (χ4n) is 3.74. The normalized spacial score (nSPS) is 23.3. The van der Waals surface area contributed by atoms with Crippen molar-refractivity contribution in [3.05, 3.63) is 108 Å². The quantitative estimate of drug-likeness (QED) is 0.377. The summed E-state index contributed by atoms with van der Waals surface area (Å²) in [5.41, 5.74) is 0.562. The van der Waals surface area contributed by atoms with Gasteiger partial charge in [0, 0.05) is 0 Å². The maximum Gasteiger partial charge on any atom is 0.338 e. The van der Waals surface area contributed by atoms with Crippen LogP contribution in [0.5, 0.6) is 0 Å². The molecular weight excluding hydrogens is 468 g/mol. The lowest BCUT2D eigenvalue weighted by Crippen LogP contribution is -2.62. The van der Waals surface area contributed by atoms with E-state index in [4.69, 9.17) is 18.9 Å². The van der Waals surface area contributed by atoms with E-state index in [2.05, 4.69) is 0 Å². The van der Waals surface area contributed by atoms with Gasteiger partial charge in [-0.3, -0.25) is 0 Å². The number of hydrogen-bond donors (Lipinski definition) is 2. The van der Waals surface area contributed by atoms with E-state index in [0.29, 0.717) is 0 Å². The lowest BCUT2D eigenvalue weighted by Gasteiger charge is -2.42. The molecule has 0 aliphatic carbocycles. The Kier molecular flexibility index (Phi) is 8.06. The number of hydrogen-bond acceptors (Lipinski definition) is 9. The van der Waals surface area contributed by atoms with E-state index in [1.54, 1.807) is 54.6 Å². The smallest absolute Gasteiger partial charge is 0.338 e. The van der Waals surface area contributed by atoms with E-state index in [0.717, 1.165) is 0 Å². The first kappa shape index (κ1) is 25.1. The molecule has 1 heterocycles. The van der Waals surface area contributed by atoms with E-state index < -0.39 is 55.2 Å². The highest BCUT2D eigenvalue weighted by Crippen LogP contribution is 2.29. The Bertz CT molecular complexity index is 1170. The monoisotopic (exact) mass is 492 g/mol. The molecule has 4 rings (SSSR count). The van der Waals surface area contributed by atoms with Crippen molar-refractivity contribution in [3.8, 4) is 0 Å². The number of carbonyl (C=O) groups excluding carboxylic acids is 3. The van der Waals surface area contributed by atoms with Crippen LogP contribution in [0.1, 0.15) is 31.1 Å². The Morgan fingerprint density at radius 3 is 1.36 bits per heavy atom. The Labute approximate surface area is 206 Å². The number of rotatable bonds is 7. The maximum atomic E-state index is 12.9. The van der Waals surface area contributed by atoms with Gasteiger partial charge in [-0.25, -0.2) is 14.4 Å². The molecule has 186 valence electrons. The van der Waals surface area contributed by atoms with Crippen molar-refractivity contribution in [2.45, 2.75) is 30.7 Å². The molecule has 0 spiro atoms. The lowest BCUT2D eigenvalue weighted by molar-refractivity contribution is -0.284. The van der Waals surface area contributed by atoms with E-state index in [9.17, 15) is 24.6 Å². The van der Waals surface area contributed by atoms with E-state index in [1.165, 1.54) is 36.4 Å². The molecule has 1 saturated heterocycles. The van der Waals surface area contributed by atoms with Gasteiger partial charge in [0.1, 0.15) is 6.10 Å². The topological polar surface area (TPSA) is 129 Å². The van der Waals surface area contributed by atoms with Crippen LogP contribution < -0.4 is 0 Å². The van der Waals surface area contributed by atoms with Crippen molar-refractivity contribution in [1.82, 2.24) is 0 Å². The number of aliphatic hydroxyl groups excluding tert-OH is 2. The minimum atomic E-state index is -1.78. The molecular formula is C27H24O9. The fourth-order valence-corrected chi connectivity index (χ4v) is 3.74. The first-order valence-corrected chi connectivity index (χ1v) is 11.2. The highest BCUT2D eigenvalue weighted by Gasteiger charge is 2.52. The van der Waals surface area contributed by atoms with Crippen LogP contribution in [0.4, 0.5) is 0 Å². The standard InChI is InChI=1S/C27H24O9/c28-16-20-21(34-24(29)17-10-4-1-5-11-17)22(35-25(30)18-12-6-2-7-13-18)23(27(32)33-20)36-26(31)19-14-8-3-9-15-19/h1-15,20-23,27-28,32H,16H2/t20-,21-,22+,23+,27?/m1/s1. The van der Waals surface area contributed by atoms with Crippen LogP contribution in [0.2, 0.25) is 0 Å². The molecule has 0 amide bonds. The van der Waals surface area contributed by atoms with Gasteiger partial charge in [0.15, 0.2) is 24.6 Å². The lowest BCUT2D eigenvalue weighted by atomic mass is 9.98. The van der Waals surface area contributed by atoms with Gasteiger partial charge >= 0.3 is 17.9 Å². The highest BCUT2D eigenvalue weighted by atomic mass is 16.7. The zero-order valence-electron chi connectivity index (χ0n) is 19.0. The van der Waals surface area contributed by atoms with Gasteiger partial charge in [0.2, 0.25) is 0 Å². The summed E-state index contributed by atoms with van der Waals surface area (Å²) in [6.45, 7) is -0.678. The van der Waals surface area contributed by atoms with Gasteiger partial charge in [-0.05, 0) is 36.4 Å². The van der Waals surface area contributed by atoms with Crippen LogP contribution in [0.25, 0.3) is 0 Å². The summed E-state index contributed by atoms with van der Waals surface area (Å²) in [6, 6.07) is 24.0. The Hall–Kier alpha value is -4.05. The van der Waals surface area contributed by atoms with Crippen LogP contribution in [-0.4, -0.2) is 65.4 Å². The fraction of sp³-hybridized carbons (Fsp3) is 0.222. The van der Waals surface area contributed by atoms with Crippen LogP contribution >= 0.6 is 0 Å². The molecule has 2 N–H and O–H groups in total. The van der Waals surface area contributed by atoms with E-state index >= 15 is 0 Å². The minimum Gasteiger partial charge on any atom is -0.452 e. The zero-order chi connectivity index (χ0) is 25.5. The number of aliphatic hydroxyl groups is 2. The first-order chi connectivity index (χ1) is 17.5. The average Bonchev–Trinajstić information content (AvgIpc) is 2.93. The second kappa shape index (κ2) is 11.6.